The molecule has 2 atom stereocenters. The van der Waals surface area contributed by atoms with E-state index in [1.807, 2.05) is 13.8 Å². The van der Waals surface area contributed by atoms with Gasteiger partial charge in [-0.3, -0.25) is 4.52 Å². The predicted molar refractivity (Wildman–Crippen MR) is 71.1 cm³/mol. The normalized spacial score (nSPS) is 24.2. The first-order valence-electron chi connectivity index (χ1n) is 6.85. The second-order valence-corrected chi connectivity index (χ2v) is 6.58. The first-order valence-corrected chi connectivity index (χ1v) is 8.38. The van der Waals surface area contributed by atoms with Gasteiger partial charge in [-0.2, -0.15) is 0 Å². The zero-order chi connectivity index (χ0) is 15.2. The Balaban J connectivity index is 2.56. The zero-order valence-electron chi connectivity index (χ0n) is 11.9. The number of phosphoric acid groups is 1. The maximum atomic E-state index is 11.5. The van der Waals surface area contributed by atoms with Crippen LogP contribution in [0.1, 0.15) is 46.0 Å². The Morgan fingerprint density at radius 3 is 2.35 bits per heavy atom. The van der Waals surface area contributed by atoms with Crippen LogP contribution in [0, 0.1) is 5.92 Å². The summed E-state index contributed by atoms with van der Waals surface area (Å²) in [4.78, 5) is 29.4. The lowest BCUT2D eigenvalue weighted by molar-refractivity contribution is -0.0356. The maximum Gasteiger partial charge on any atom is 0.508 e. The molecule has 118 valence electrons. The number of phosphoric ester groups is 1. The fourth-order valence-electron chi connectivity index (χ4n) is 2.06. The fraction of sp³-hybridized carbons (Fsp3) is 0.917. The number of rotatable bonds is 5. The fourth-order valence-corrected chi connectivity index (χ4v) is 2.66. The molecule has 7 nitrogen and oxygen atoms in total. The maximum absolute atomic E-state index is 11.5. The van der Waals surface area contributed by atoms with E-state index in [2.05, 4.69) is 0 Å². The van der Waals surface area contributed by atoms with Crippen molar-refractivity contribution < 1.29 is 33.1 Å². The first kappa shape index (κ1) is 17.4. The average Bonchev–Trinajstić information content (AvgIpc) is 2.51. The van der Waals surface area contributed by atoms with Crippen molar-refractivity contribution in [3.63, 3.8) is 0 Å². The molecule has 0 radical (unpaired) electrons. The van der Waals surface area contributed by atoms with E-state index in [1.165, 1.54) is 0 Å². The molecule has 0 aromatic carbocycles. The van der Waals surface area contributed by atoms with Gasteiger partial charge in [0.25, 0.3) is 0 Å². The highest BCUT2D eigenvalue weighted by Gasteiger charge is 2.33. The van der Waals surface area contributed by atoms with Gasteiger partial charge in [-0.15, -0.1) is 0 Å². The van der Waals surface area contributed by atoms with E-state index in [4.69, 9.17) is 23.8 Å². The van der Waals surface area contributed by atoms with Crippen LogP contribution >= 0.6 is 7.82 Å². The topological polar surface area (TPSA) is 102 Å². The number of carbonyl (C=O) groups excluding carboxylic acids is 1. The Morgan fingerprint density at radius 2 is 1.80 bits per heavy atom. The third-order valence-corrected chi connectivity index (χ3v) is 3.49. The number of hydrogen-bond acceptors (Lipinski definition) is 5. The van der Waals surface area contributed by atoms with Crippen LogP contribution in [-0.4, -0.2) is 34.8 Å². The van der Waals surface area contributed by atoms with E-state index >= 15 is 0 Å². The summed E-state index contributed by atoms with van der Waals surface area (Å²) in [6.45, 7) is 4.05. The number of ether oxygens (including phenoxy) is 2. The van der Waals surface area contributed by atoms with Crippen molar-refractivity contribution in [3.8, 4) is 0 Å². The van der Waals surface area contributed by atoms with E-state index in [-0.39, 0.29) is 12.5 Å². The number of carbonyl (C=O) groups is 1. The van der Waals surface area contributed by atoms with Crippen LogP contribution in [0.5, 0.6) is 0 Å². The highest BCUT2D eigenvalue weighted by atomic mass is 31.2. The summed E-state index contributed by atoms with van der Waals surface area (Å²) in [7, 11) is -4.60. The minimum atomic E-state index is -4.60. The van der Waals surface area contributed by atoms with Crippen molar-refractivity contribution in [3.05, 3.63) is 0 Å². The van der Waals surface area contributed by atoms with Crippen molar-refractivity contribution in [2.45, 2.75) is 58.2 Å². The minimum Gasteiger partial charge on any atom is -0.434 e. The van der Waals surface area contributed by atoms with Gasteiger partial charge in [0, 0.05) is 0 Å². The van der Waals surface area contributed by atoms with Crippen LogP contribution < -0.4 is 0 Å². The van der Waals surface area contributed by atoms with Gasteiger partial charge >= 0.3 is 14.0 Å². The van der Waals surface area contributed by atoms with E-state index < -0.39 is 26.2 Å². The molecule has 2 N–H and O–H groups in total. The lowest BCUT2D eigenvalue weighted by Gasteiger charge is -2.25. The summed E-state index contributed by atoms with van der Waals surface area (Å²) >= 11 is 0. The summed E-state index contributed by atoms with van der Waals surface area (Å²) in [5, 5.41) is 0. The molecular weight excluding hydrogens is 287 g/mol. The van der Waals surface area contributed by atoms with Crippen LogP contribution in [0.3, 0.4) is 0 Å². The van der Waals surface area contributed by atoms with Gasteiger partial charge in [-0.25, -0.2) is 9.36 Å². The zero-order valence-corrected chi connectivity index (χ0v) is 12.8. The second-order valence-electron chi connectivity index (χ2n) is 5.38. The van der Waals surface area contributed by atoms with Crippen molar-refractivity contribution in [1.82, 2.24) is 0 Å². The van der Waals surface area contributed by atoms with Gasteiger partial charge in [0.05, 0.1) is 6.61 Å². The summed E-state index contributed by atoms with van der Waals surface area (Å²) in [5.41, 5.74) is 0. The molecule has 0 aromatic rings. The smallest absolute Gasteiger partial charge is 0.434 e. The van der Waals surface area contributed by atoms with Gasteiger partial charge in [0.1, 0.15) is 12.2 Å². The van der Waals surface area contributed by atoms with Crippen LogP contribution in [0.25, 0.3) is 0 Å². The Kier molecular flexibility index (Phi) is 6.95. The molecule has 0 saturated heterocycles. The Bertz CT molecular complexity index is 352. The predicted octanol–water partition coefficient (Wildman–Crippen LogP) is 2.61. The lowest BCUT2D eigenvalue weighted by atomic mass is 10.1. The van der Waals surface area contributed by atoms with Crippen molar-refractivity contribution in [1.29, 1.82) is 0 Å². The molecule has 1 fully saturated rings. The molecule has 20 heavy (non-hydrogen) atoms. The van der Waals surface area contributed by atoms with Crippen molar-refractivity contribution in [2.24, 2.45) is 5.92 Å². The van der Waals surface area contributed by atoms with E-state index in [9.17, 15) is 9.36 Å². The average molecular weight is 310 g/mol. The second kappa shape index (κ2) is 7.98. The van der Waals surface area contributed by atoms with Gasteiger partial charge in [-0.1, -0.05) is 26.7 Å². The van der Waals surface area contributed by atoms with Gasteiger partial charge in [0.2, 0.25) is 0 Å². The Hall–Kier alpha value is -0.620. The third kappa shape index (κ3) is 7.24. The van der Waals surface area contributed by atoms with Crippen molar-refractivity contribution in [2.75, 3.05) is 6.61 Å². The van der Waals surface area contributed by atoms with Crippen LogP contribution in [0.2, 0.25) is 0 Å². The Labute approximate surface area is 118 Å². The van der Waals surface area contributed by atoms with Gasteiger partial charge in [0.15, 0.2) is 0 Å². The van der Waals surface area contributed by atoms with E-state index in [0.29, 0.717) is 12.8 Å². The summed E-state index contributed by atoms with van der Waals surface area (Å²) in [6, 6.07) is 0. The highest BCUT2D eigenvalue weighted by molar-refractivity contribution is 7.46. The molecule has 0 aliphatic heterocycles. The van der Waals surface area contributed by atoms with Crippen LogP contribution in [-0.2, 0) is 18.6 Å². The van der Waals surface area contributed by atoms with Crippen LogP contribution in [0.15, 0.2) is 0 Å². The molecule has 0 aromatic heterocycles. The number of hydrogen-bond donors (Lipinski definition) is 2. The molecule has 8 heteroatoms. The summed E-state index contributed by atoms with van der Waals surface area (Å²) in [5.74, 6) is 0.193. The molecule has 0 bridgehead atoms. The van der Waals surface area contributed by atoms with Gasteiger partial charge < -0.3 is 19.3 Å². The van der Waals surface area contributed by atoms with Gasteiger partial charge in [-0.05, 0) is 25.2 Å². The molecule has 1 aliphatic carbocycles. The molecule has 1 aliphatic rings. The SMILES string of the molecule is CC(C)COC(=O)OC1CCCCCC1OP(=O)(O)O. The molecule has 0 amide bonds. The summed E-state index contributed by atoms with van der Waals surface area (Å²) in [6.07, 6.45) is 1.21. The quantitative estimate of drug-likeness (QED) is 0.457. The molecule has 0 heterocycles. The molecule has 1 saturated carbocycles. The first-order chi connectivity index (χ1) is 9.28. The van der Waals surface area contributed by atoms with E-state index in [0.717, 1.165) is 19.3 Å². The minimum absolute atomic E-state index is 0.193. The molecular formula is C12H23O7P. The van der Waals surface area contributed by atoms with Crippen molar-refractivity contribution >= 4 is 14.0 Å². The lowest BCUT2D eigenvalue weighted by Crippen LogP contribution is -2.32. The largest absolute Gasteiger partial charge is 0.508 e. The highest BCUT2D eigenvalue weighted by Crippen LogP contribution is 2.41. The van der Waals surface area contributed by atoms with Crippen LogP contribution in [0.4, 0.5) is 4.79 Å². The third-order valence-electron chi connectivity index (χ3n) is 2.95. The molecule has 0 spiro atoms. The molecule has 2 unspecified atom stereocenters. The molecule has 1 rings (SSSR count). The monoisotopic (exact) mass is 310 g/mol. The Morgan fingerprint density at radius 1 is 1.20 bits per heavy atom. The van der Waals surface area contributed by atoms with E-state index in [1.54, 1.807) is 0 Å². The standard InChI is InChI=1S/C12H23O7P/c1-9(2)8-17-12(13)18-10-6-4-3-5-7-11(10)19-20(14,15)16/h9-11H,3-8H2,1-2H3,(H2,14,15,16). The summed E-state index contributed by atoms with van der Waals surface area (Å²) < 4.78 is 25.8.